The van der Waals surface area contributed by atoms with E-state index < -0.39 is 11.9 Å². The predicted molar refractivity (Wildman–Crippen MR) is 81.5 cm³/mol. The average Bonchev–Trinajstić information content (AvgIpc) is 2.59. The molecule has 2 aromatic rings. The van der Waals surface area contributed by atoms with Gasteiger partial charge in [-0.2, -0.15) is 0 Å². The highest BCUT2D eigenvalue weighted by atomic mass is 19.1. The largest absolute Gasteiger partial charge is 0.481 e. The normalized spacial score (nSPS) is 10.0. The molecule has 0 aliphatic rings. The van der Waals surface area contributed by atoms with Crippen molar-refractivity contribution in [3.63, 3.8) is 0 Å². The molecular weight excluding hydrogens is 301 g/mol. The minimum Gasteiger partial charge on any atom is -0.481 e. The molecule has 0 radical (unpaired) electrons. The molecule has 0 bridgehead atoms. The zero-order valence-electron chi connectivity index (χ0n) is 12.5. The van der Waals surface area contributed by atoms with Crippen LogP contribution in [-0.4, -0.2) is 25.6 Å². The summed E-state index contributed by atoms with van der Waals surface area (Å²) in [6.07, 6.45) is 0. The van der Waals surface area contributed by atoms with Gasteiger partial charge < -0.3 is 14.8 Å². The molecule has 6 heteroatoms. The second-order valence-electron chi connectivity index (χ2n) is 4.64. The number of benzene rings is 2. The zero-order chi connectivity index (χ0) is 16.7. The maximum Gasteiger partial charge on any atom is 0.343 e. The van der Waals surface area contributed by atoms with Gasteiger partial charge in [-0.25, -0.2) is 9.18 Å². The third-order valence-corrected chi connectivity index (χ3v) is 3.10. The van der Waals surface area contributed by atoms with Crippen molar-refractivity contribution in [2.45, 2.75) is 6.54 Å². The molecular formula is C17H16FNO4. The second kappa shape index (κ2) is 7.93. The Morgan fingerprint density at radius 2 is 1.78 bits per heavy atom. The number of halogens is 1. The minimum absolute atomic E-state index is 0.0524. The lowest BCUT2D eigenvalue weighted by Crippen LogP contribution is -2.24. The van der Waals surface area contributed by atoms with Crippen molar-refractivity contribution >= 4 is 11.9 Å². The molecule has 0 atom stereocenters. The maximum absolute atomic E-state index is 13.5. The van der Waals surface area contributed by atoms with Crippen LogP contribution in [0.2, 0.25) is 0 Å². The van der Waals surface area contributed by atoms with Crippen molar-refractivity contribution in [2.75, 3.05) is 13.7 Å². The Kier molecular flexibility index (Phi) is 5.68. The highest BCUT2D eigenvalue weighted by Crippen LogP contribution is 2.18. The van der Waals surface area contributed by atoms with Gasteiger partial charge in [-0.15, -0.1) is 0 Å². The molecule has 0 aliphatic heterocycles. The standard InChI is InChI=1S/C17H16FNO4/c1-22-16(20)11-23-15-9-5-3-7-13(15)17(21)19-10-12-6-2-4-8-14(12)18/h2-9H,10-11H2,1H3,(H,19,21). The lowest BCUT2D eigenvalue weighted by molar-refractivity contribution is -0.142. The molecule has 120 valence electrons. The Bertz CT molecular complexity index is 702. The van der Waals surface area contributed by atoms with Gasteiger partial charge in [0.15, 0.2) is 6.61 Å². The first-order chi connectivity index (χ1) is 11.1. The summed E-state index contributed by atoms with van der Waals surface area (Å²) >= 11 is 0. The molecule has 23 heavy (non-hydrogen) atoms. The third kappa shape index (κ3) is 4.54. The Balaban J connectivity index is 2.04. The molecule has 1 amide bonds. The molecule has 0 aliphatic carbocycles. The van der Waals surface area contributed by atoms with Gasteiger partial charge in [-0.05, 0) is 18.2 Å². The van der Waals surface area contributed by atoms with Crippen LogP contribution in [0.15, 0.2) is 48.5 Å². The fraction of sp³-hybridized carbons (Fsp3) is 0.176. The van der Waals surface area contributed by atoms with E-state index in [9.17, 15) is 14.0 Å². The quantitative estimate of drug-likeness (QED) is 0.830. The fourth-order valence-corrected chi connectivity index (χ4v) is 1.89. The number of ether oxygens (including phenoxy) is 2. The van der Waals surface area contributed by atoms with Gasteiger partial charge in [-0.1, -0.05) is 30.3 Å². The van der Waals surface area contributed by atoms with Crippen molar-refractivity contribution in [2.24, 2.45) is 0 Å². The van der Waals surface area contributed by atoms with E-state index in [0.29, 0.717) is 5.56 Å². The highest BCUT2D eigenvalue weighted by Gasteiger charge is 2.13. The third-order valence-electron chi connectivity index (χ3n) is 3.10. The number of methoxy groups -OCH3 is 1. The first-order valence-electron chi connectivity index (χ1n) is 6.92. The highest BCUT2D eigenvalue weighted by molar-refractivity contribution is 5.96. The van der Waals surface area contributed by atoms with Crippen LogP contribution in [0.3, 0.4) is 0 Å². The number of hydrogen-bond donors (Lipinski definition) is 1. The van der Waals surface area contributed by atoms with Crippen LogP contribution < -0.4 is 10.1 Å². The molecule has 5 nitrogen and oxygen atoms in total. The molecule has 0 aromatic heterocycles. The number of esters is 1. The fourth-order valence-electron chi connectivity index (χ4n) is 1.89. The van der Waals surface area contributed by atoms with Crippen LogP contribution in [0, 0.1) is 5.82 Å². The summed E-state index contributed by atoms with van der Waals surface area (Å²) in [6.45, 7) is -0.245. The summed E-state index contributed by atoms with van der Waals surface area (Å²) in [7, 11) is 1.25. The van der Waals surface area contributed by atoms with Crippen LogP contribution in [0.25, 0.3) is 0 Å². The van der Waals surface area contributed by atoms with E-state index in [1.807, 2.05) is 0 Å². The van der Waals surface area contributed by atoms with Crippen molar-refractivity contribution in [3.8, 4) is 5.75 Å². The Hall–Kier alpha value is -2.89. The Labute approximate surface area is 133 Å². The number of carbonyl (C=O) groups excluding carboxylic acids is 2. The van der Waals surface area contributed by atoms with E-state index in [4.69, 9.17) is 4.74 Å². The smallest absolute Gasteiger partial charge is 0.343 e. The number of hydrogen-bond acceptors (Lipinski definition) is 4. The van der Waals surface area contributed by atoms with Gasteiger partial charge in [0.2, 0.25) is 0 Å². The molecule has 0 unspecified atom stereocenters. The summed E-state index contributed by atoms with van der Waals surface area (Å²) < 4.78 is 23.3. The van der Waals surface area contributed by atoms with Crippen LogP contribution in [0.1, 0.15) is 15.9 Å². The van der Waals surface area contributed by atoms with Crippen LogP contribution >= 0.6 is 0 Å². The lowest BCUT2D eigenvalue weighted by atomic mass is 10.1. The predicted octanol–water partition coefficient (Wildman–Crippen LogP) is 2.31. The van der Waals surface area contributed by atoms with Crippen LogP contribution in [0.5, 0.6) is 5.75 Å². The van der Waals surface area contributed by atoms with E-state index in [1.54, 1.807) is 42.5 Å². The number of para-hydroxylation sites is 1. The number of rotatable bonds is 6. The van der Waals surface area contributed by atoms with Gasteiger partial charge in [0.25, 0.3) is 5.91 Å². The van der Waals surface area contributed by atoms with E-state index in [0.717, 1.165) is 0 Å². The molecule has 0 heterocycles. The average molecular weight is 317 g/mol. The molecule has 2 rings (SSSR count). The summed E-state index contributed by atoms with van der Waals surface area (Å²) in [4.78, 5) is 23.4. The number of nitrogens with one attached hydrogen (secondary N) is 1. The first-order valence-corrected chi connectivity index (χ1v) is 6.92. The molecule has 0 fully saturated rings. The van der Waals surface area contributed by atoms with Crippen LogP contribution in [0.4, 0.5) is 4.39 Å². The number of amides is 1. The van der Waals surface area contributed by atoms with Crippen LogP contribution in [-0.2, 0) is 16.1 Å². The molecule has 0 saturated carbocycles. The van der Waals surface area contributed by atoms with Crippen molar-refractivity contribution < 1.29 is 23.5 Å². The van der Waals surface area contributed by atoms with Crippen molar-refractivity contribution in [3.05, 3.63) is 65.5 Å². The minimum atomic E-state index is -0.549. The van der Waals surface area contributed by atoms with Gasteiger partial charge in [0.1, 0.15) is 11.6 Å². The topological polar surface area (TPSA) is 64.6 Å². The van der Waals surface area contributed by atoms with Crippen molar-refractivity contribution in [1.29, 1.82) is 0 Å². The van der Waals surface area contributed by atoms with E-state index in [2.05, 4.69) is 10.1 Å². The monoisotopic (exact) mass is 317 g/mol. The Morgan fingerprint density at radius 3 is 2.52 bits per heavy atom. The van der Waals surface area contributed by atoms with Gasteiger partial charge in [0.05, 0.1) is 12.7 Å². The molecule has 0 saturated heterocycles. The van der Waals surface area contributed by atoms with E-state index in [1.165, 1.54) is 13.2 Å². The number of carbonyl (C=O) groups is 2. The molecule has 0 spiro atoms. The summed E-state index contributed by atoms with van der Waals surface area (Å²) in [6, 6.07) is 12.7. The van der Waals surface area contributed by atoms with Crippen molar-refractivity contribution in [1.82, 2.24) is 5.32 Å². The van der Waals surface area contributed by atoms with Gasteiger partial charge in [0, 0.05) is 12.1 Å². The maximum atomic E-state index is 13.5. The van der Waals surface area contributed by atoms with E-state index >= 15 is 0 Å². The second-order valence-corrected chi connectivity index (χ2v) is 4.64. The zero-order valence-corrected chi connectivity index (χ0v) is 12.5. The van der Waals surface area contributed by atoms with Gasteiger partial charge in [-0.3, -0.25) is 4.79 Å². The van der Waals surface area contributed by atoms with E-state index in [-0.39, 0.29) is 30.3 Å². The lowest BCUT2D eigenvalue weighted by Gasteiger charge is -2.11. The summed E-state index contributed by atoms with van der Waals surface area (Å²) in [5.74, 6) is -1.10. The SMILES string of the molecule is COC(=O)COc1ccccc1C(=O)NCc1ccccc1F. The Morgan fingerprint density at radius 1 is 1.09 bits per heavy atom. The molecule has 2 aromatic carbocycles. The summed E-state index contributed by atoms with van der Waals surface area (Å²) in [5, 5.41) is 2.62. The first kappa shape index (κ1) is 16.5. The summed E-state index contributed by atoms with van der Waals surface area (Å²) in [5.41, 5.74) is 0.640. The molecule has 1 N–H and O–H groups in total. The van der Waals surface area contributed by atoms with Gasteiger partial charge >= 0.3 is 5.97 Å².